The molecule has 0 bridgehead atoms. The second-order valence-corrected chi connectivity index (χ2v) is 4.92. The van der Waals surface area contributed by atoms with Gasteiger partial charge in [0.15, 0.2) is 5.76 Å². The molecule has 0 aliphatic carbocycles. The van der Waals surface area contributed by atoms with Crippen LogP contribution in [0, 0.1) is 16.0 Å². The fourth-order valence-electron chi connectivity index (χ4n) is 1.83. The monoisotopic (exact) mass is 275 g/mol. The Hall–Kier alpha value is -2.21. The van der Waals surface area contributed by atoms with Gasteiger partial charge in [0, 0.05) is 6.07 Å². The Morgan fingerprint density at radius 2 is 2.15 bits per heavy atom. The molecular weight excluding hydrogens is 258 g/mol. The molecule has 106 valence electrons. The minimum absolute atomic E-state index is 0.0188. The number of benzene rings is 1. The van der Waals surface area contributed by atoms with E-state index in [1.807, 2.05) is 0 Å². The molecule has 0 amide bonds. The van der Waals surface area contributed by atoms with E-state index in [9.17, 15) is 10.1 Å². The summed E-state index contributed by atoms with van der Waals surface area (Å²) in [5.74, 6) is 1.48. The van der Waals surface area contributed by atoms with E-state index in [0.29, 0.717) is 29.7 Å². The van der Waals surface area contributed by atoms with E-state index in [1.165, 1.54) is 12.3 Å². The number of rotatable bonds is 6. The first-order valence-electron chi connectivity index (χ1n) is 6.47. The molecule has 1 heterocycles. The number of hydrogen-bond acceptors (Lipinski definition) is 5. The molecule has 0 aliphatic rings. The summed E-state index contributed by atoms with van der Waals surface area (Å²) in [6.07, 6.45) is 1.52. The standard InChI is InChI=1S/C14H17N3O3/c1-10(2)7-15-9-14-16-8-13(20-14)11-5-3-4-6-12(11)17(18)19/h3-6,8,10,15H,7,9H2,1-2H3. The lowest BCUT2D eigenvalue weighted by Crippen LogP contribution is -2.18. The van der Waals surface area contributed by atoms with Crippen LogP contribution in [0.5, 0.6) is 0 Å². The van der Waals surface area contributed by atoms with Gasteiger partial charge >= 0.3 is 0 Å². The van der Waals surface area contributed by atoms with Crippen molar-refractivity contribution in [2.24, 2.45) is 5.92 Å². The van der Waals surface area contributed by atoms with Crippen molar-refractivity contribution >= 4 is 5.69 Å². The van der Waals surface area contributed by atoms with Gasteiger partial charge in [-0.15, -0.1) is 0 Å². The maximum Gasteiger partial charge on any atom is 0.280 e. The Morgan fingerprint density at radius 3 is 2.85 bits per heavy atom. The molecule has 6 heteroatoms. The summed E-state index contributed by atoms with van der Waals surface area (Å²) in [5, 5.41) is 14.2. The van der Waals surface area contributed by atoms with Crippen molar-refractivity contribution in [2.45, 2.75) is 20.4 Å². The van der Waals surface area contributed by atoms with Crippen LogP contribution in [-0.4, -0.2) is 16.5 Å². The van der Waals surface area contributed by atoms with Crippen LogP contribution in [0.3, 0.4) is 0 Å². The highest BCUT2D eigenvalue weighted by Crippen LogP contribution is 2.29. The Bertz CT molecular complexity index is 593. The zero-order valence-electron chi connectivity index (χ0n) is 11.5. The number of nitrogens with one attached hydrogen (secondary N) is 1. The Labute approximate surface area is 117 Å². The van der Waals surface area contributed by atoms with Crippen molar-refractivity contribution in [3.05, 3.63) is 46.5 Å². The van der Waals surface area contributed by atoms with Crippen molar-refractivity contribution in [1.29, 1.82) is 0 Å². The van der Waals surface area contributed by atoms with Crippen LogP contribution in [0.4, 0.5) is 5.69 Å². The number of hydrogen-bond donors (Lipinski definition) is 1. The Morgan fingerprint density at radius 1 is 1.40 bits per heavy atom. The van der Waals surface area contributed by atoms with Crippen LogP contribution in [0.2, 0.25) is 0 Å². The molecule has 1 N–H and O–H groups in total. The molecule has 0 aliphatic heterocycles. The fourth-order valence-corrected chi connectivity index (χ4v) is 1.83. The van der Waals surface area contributed by atoms with Crippen LogP contribution in [-0.2, 0) is 6.54 Å². The Balaban J connectivity index is 2.15. The van der Waals surface area contributed by atoms with Gasteiger partial charge in [-0.25, -0.2) is 4.98 Å². The predicted octanol–water partition coefficient (Wildman–Crippen LogP) is 3.00. The largest absolute Gasteiger partial charge is 0.439 e. The van der Waals surface area contributed by atoms with E-state index in [1.54, 1.807) is 18.2 Å². The third-order valence-corrected chi connectivity index (χ3v) is 2.75. The maximum absolute atomic E-state index is 11.0. The third-order valence-electron chi connectivity index (χ3n) is 2.75. The lowest BCUT2D eigenvalue weighted by Gasteiger charge is -2.04. The van der Waals surface area contributed by atoms with E-state index < -0.39 is 4.92 Å². The molecule has 20 heavy (non-hydrogen) atoms. The number of aromatic nitrogens is 1. The SMILES string of the molecule is CC(C)CNCc1ncc(-c2ccccc2[N+](=O)[O-])o1. The van der Waals surface area contributed by atoms with Crippen molar-refractivity contribution in [3.8, 4) is 11.3 Å². The summed E-state index contributed by atoms with van der Waals surface area (Å²) in [6, 6.07) is 6.48. The highest BCUT2D eigenvalue weighted by Gasteiger charge is 2.17. The van der Waals surface area contributed by atoms with Crippen LogP contribution in [0.1, 0.15) is 19.7 Å². The van der Waals surface area contributed by atoms with Gasteiger partial charge in [-0.2, -0.15) is 0 Å². The van der Waals surface area contributed by atoms with Crippen molar-refractivity contribution < 1.29 is 9.34 Å². The second kappa shape index (κ2) is 6.29. The average Bonchev–Trinajstić information content (AvgIpc) is 2.87. The van der Waals surface area contributed by atoms with E-state index in [0.717, 1.165) is 6.54 Å². The second-order valence-electron chi connectivity index (χ2n) is 4.92. The number of oxazole rings is 1. The lowest BCUT2D eigenvalue weighted by molar-refractivity contribution is -0.384. The van der Waals surface area contributed by atoms with Gasteiger partial charge in [0.05, 0.1) is 23.2 Å². The highest BCUT2D eigenvalue weighted by atomic mass is 16.6. The van der Waals surface area contributed by atoms with Crippen LogP contribution in [0.15, 0.2) is 34.9 Å². The molecular formula is C14H17N3O3. The first-order valence-corrected chi connectivity index (χ1v) is 6.47. The number of nitro groups is 1. The lowest BCUT2D eigenvalue weighted by atomic mass is 10.1. The smallest absolute Gasteiger partial charge is 0.280 e. The molecule has 1 aromatic heterocycles. The molecule has 0 atom stereocenters. The van der Waals surface area contributed by atoms with E-state index in [4.69, 9.17) is 4.42 Å². The van der Waals surface area contributed by atoms with Gasteiger partial charge in [0.1, 0.15) is 0 Å². The molecule has 0 radical (unpaired) electrons. The fraction of sp³-hybridized carbons (Fsp3) is 0.357. The van der Waals surface area contributed by atoms with Crippen molar-refractivity contribution in [1.82, 2.24) is 10.3 Å². The van der Waals surface area contributed by atoms with Crippen molar-refractivity contribution in [3.63, 3.8) is 0 Å². The normalized spacial score (nSPS) is 10.9. The molecule has 0 saturated carbocycles. The van der Waals surface area contributed by atoms with Gasteiger partial charge in [-0.1, -0.05) is 26.0 Å². The third kappa shape index (κ3) is 3.42. The first kappa shape index (κ1) is 14.2. The molecule has 1 aromatic carbocycles. The Kier molecular flexibility index (Phi) is 4.47. The number of para-hydroxylation sites is 1. The van der Waals surface area contributed by atoms with Gasteiger partial charge < -0.3 is 9.73 Å². The first-order chi connectivity index (χ1) is 9.58. The van der Waals surface area contributed by atoms with E-state index in [2.05, 4.69) is 24.1 Å². The zero-order valence-corrected chi connectivity index (χ0v) is 11.5. The summed E-state index contributed by atoms with van der Waals surface area (Å²) in [6.45, 7) is 5.60. The molecule has 0 spiro atoms. The van der Waals surface area contributed by atoms with Gasteiger partial charge in [0.25, 0.3) is 5.69 Å². The topological polar surface area (TPSA) is 81.2 Å². The van der Waals surface area contributed by atoms with Gasteiger partial charge in [-0.3, -0.25) is 10.1 Å². The minimum Gasteiger partial charge on any atom is -0.439 e. The minimum atomic E-state index is -0.422. The molecule has 0 fully saturated rings. The van der Waals surface area contributed by atoms with Crippen LogP contribution < -0.4 is 5.32 Å². The summed E-state index contributed by atoms with van der Waals surface area (Å²) in [4.78, 5) is 14.7. The average molecular weight is 275 g/mol. The quantitative estimate of drug-likeness (QED) is 0.647. The maximum atomic E-state index is 11.0. The van der Waals surface area contributed by atoms with Crippen LogP contribution in [0.25, 0.3) is 11.3 Å². The summed E-state index contributed by atoms with van der Waals surface area (Å²) in [5.41, 5.74) is 0.463. The van der Waals surface area contributed by atoms with E-state index in [-0.39, 0.29) is 5.69 Å². The zero-order chi connectivity index (χ0) is 14.5. The van der Waals surface area contributed by atoms with Crippen molar-refractivity contribution in [2.75, 3.05) is 6.54 Å². The summed E-state index contributed by atoms with van der Waals surface area (Å²) >= 11 is 0. The highest BCUT2D eigenvalue weighted by molar-refractivity contribution is 5.68. The predicted molar refractivity (Wildman–Crippen MR) is 75.1 cm³/mol. The number of nitro benzene ring substituents is 1. The molecule has 6 nitrogen and oxygen atoms in total. The van der Waals surface area contributed by atoms with E-state index >= 15 is 0 Å². The molecule has 2 rings (SSSR count). The van der Waals surface area contributed by atoms with Gasteiger partial charge in [-0.05, 0) is 18.5 Å². The summed E-state index contributed by atoms with van der Waals surface area (Å²) in [7, 11) is 0. The summed E-state index contributed by atoms with van der Waals surface area (Å²) < 4.78 is 5.56. The van der Waals surface area contributed by atoms with Gasteiger partial charge in [0.2, 0.25) is 5.89 Å². The molecule has 2 aromatic rings. The molecule has 0 saturated heterocycles. The molecule has 0 unspecified atom stereocenters. The number of nitrogens with zero attached hydrogens (tertiary/aromatic N) is 2. The van der Waals surface area contributed by atoms with Crippen LogP contribution >= 0.6 is 0 Å².